The molecule has 1 amide bonds. The number of para-hydroxylation sites is 1. The average molecular weight is 191 g/mol. The Morgan fingerprint density at radius 1 is 1.43 bits per heavy atom. The molecule has 74 valence electrons. The van der Waals surface area contributed by atoms with Gasteiger partial charge in [0, 0.05) is 5.39 Å². The van der Waals surface area contributed by atoms with Crippen LogP contribution in [0.4, 0.5) is 0 Å². The number of carbonyl (C=O) groups is 1. The minimum Gasteiger partial charge on any atom is -0.366 e. The highest BCUT2D eigenvalue weighted by Gasteiger charge is 2.06. The van der Waals surface area contributed by atoms with E-state index in [1.165, 1.54) is 0 Å². The summed E-state index contributed by atoms with van der Waals surface area (Å²) < 4.78 is 0. The topological polar surface area (TPSA) is 71.8 Å². The maximum atomic E-state index is 10.9. The monoisotopic (exact) mass is 191 g/mol. The number of H-pyrrole nitrogens is 1. The Morgan fingerprint density at radius 3 is 2.79 bits per heavy atom. The van der Waals surface area contributed by atoms with E-state index in [0.717, 1.165) is 5.39 Å². The van der Waals surface area contributed by atoms with Gasteiger partial charge in [-0.05, 0) is 6.07 Å². The lowest BCUT2D eigenvalue weighted by molar-refractivity contribution is 0.100. The van der Waals surface area contributed by atoms with Gasteiger partial charge in [0.1, 0.15) is 0 Å². The highest BCUT2D eigenvalue weighted by atomic mass is 16.1. The van der Waals surface area contributed by atoms with Crippen LogP contribution in [0.3, 0.4) is 0 Å². The molecule has 0 atom stereocenters. The molecule has 0 aliphatic carbocycles. The molecule has 2 rings (SSSR count). The van der Waals surface area contributed by atoms with E-state index >= 15 is 0 Å². The van der Waals surface area contributed by atoms with Crippen molar-refractivity contribution in [3.63, 3.8) is 0 Å². The van der Waals surface area contributed by atoms with Crippen LogP contribution < -0.4 is 5.73 Å². The second-order valence-corrected chi connectivity index (χ2v) is 2.50. The summed E-state index contributed by atoms with van der Waals surface area (Å²) in [6, 6.07) is 5.31. The van der Waals surface area contributed by atoms with Crippen LogP contribution in [-0.4, -0.2) is 16.1 Å². The number of amides is 1. The summed E-state index contributed by atoms with van der Waals surface area (Å²) in [7, 11) is 0. The van der Waals surface area contributed by atoms with E-state index in [0.29, 0.717) is 11.1 Å². The Morgan fingerprint density at radius 2 is 2.14 bits per heavy atom. The Kier molecular flexibility index (Phi) is 3.23. The van der Waals surface area contributed by atoms with Gasteiger partial charge in [-0.1, -0.05) is 26.0 Å². The van der Waals surface area contributed by atoms with Crippen LogP contribution in [0.15, 0.2) is 24.4 Å². The van der Waals surface area contributed by atoms with Crippen LogP contribution in [-0.2, 0) is 0 Å². The van der Waals surface area contributed by atoms with E-state index in [1.807, 2.05) is 19.9 Å². The number of nitrogens with zero attached hydrogens (tertiary/aromatic N) is 1. The highest BCUT2D eigenvalue weighted by Crippen LogP contribution is 2.14. The van der Waals surface area contributed by atoms with Gasteiger partial charge in [0.2, 0.25) is 0 Å². The molecule has 1 aromatic carbocycles. The molecule has 1 aromatic heterocycles. The van der Waals surface area contributed by atoms with Crippen molar-refractivity contribution in [2.75, 3.05) is 0 Å². The van der Waals surface area contributed by atoms with Gasteiger partial charge in [0.15, 0.2) is 0 Å². The van der Waals surface area contributed by atoms with Crippen LogP contribution >= 0.6 is 0 Å². The fourth-order valence-electron chi connectivity index (χ4n) is 1.17. The minimum atomic E-state index is -0.440. The number of benzene rings is 1. The average Bonchev–Trinajstić information content (AvgIpc) is 2.67. The molecule has 0 aliphatic heterocycles. The third-order valence-corrected chi connectivity index (χ3v) is 1.74. The number of hydrogen-bond acceptors (Lipinski definition) is 2. The van der Waals surface area contributed by atoms with E-state index in [2.05, 4.69) is 10.2 Å². The van der Waals surface area contributed by atoms with E-state index in [4.69, 9.17) is 5.73 Å². The Balaban J connectivity index is 0.000000461. The van der Waals surface area contributed by atoms with Gasteiger partial charge < -0.3 is 5.73 Å². The summed E-state index contributed by atoms with van der Waals surface area (Å²) >= 11 is 0. The highest BCUT2D eigenvalue weighted by molar-refractivity contribution is 6.04. The Labute approximate surface area is 82.1 Å². The van der Waals surface area contributed by atoms with Crippen molar-refractivity contribution in [3.05, 3.63) is 30.0 Å². The van der Waals surface area contributed by atoms with Crippen molar-refractivity contribution < 1.29 is 4.79 Å². The number of nitrogens with one attached hydrogen (secondary N) is 1. The molecule has 0 saturated carbocycles. The number of carbonyl (C=O) groups excluding carboxylic acids is 1. The number of primary amides is 1. The molecule has 3 N–H and O–H groups in total. The van der Waals surface area contributed by atoms with E-state index in [9.17, 15) is 4.79 Å². The predicted molar refractivity (Wildman–Crippen MR) is 56.0 cm³/mol. The first kappa shape index (κ1) is 10.2. The zero-order chi connectivity index (χ0) is 10.6. The van der Waals surface area contributed by atoms with E-state index < -0.39 is 5.91 Å². The zero-order valence-electron chi connectivity index (χ0n) is 8.24. The Bertz CT molecular complexity index is 434. The van der Waals surface area contributed by atoms with Gasteiger partial charge in [0.05, 0.1) is 17.3 Å². The summed E-state index contributed by atoms with van der Waals surface area (Å²) in [5.74, 6) is -0.440. The molecule has 0 unspecified atom stereocenters. The molecular weight excluding hydrogens is 178 g/mol. The lowest BCUT2D eigenvalue weighted by Crippen LogP contribution is -2.11. The van der Waals surface area contributed by atoms with Gasteiger partial charge in [0.25, 0.3) is 5.91 Å². The van der Waals surface area contributed by atoms with Crippen LogP contribution in [0.2, 0.25) is 0 Å². The first-order valence-electron chi connectivity index (χ1n) is 4.51. The second kappa shape index (κ2) is 4.41. The number of fused-ring (bicyclic) bond motifs is 1. The number of aromatic nitrogens is 2. The summed E-state index contributed by atoms with van der Waals surface area (Å²) in [5.41, 5.74) is 6.33. The standard InChI is InChI=1S/C8H7N3O.C2H6/c9-8(12)6-3-1-2-5-4-10-11-7(5)6;1-2/h1-4H,(H2,9,12)(H,10,11);1-2H3. The number of aromatic amines is 1. The summed E-state index contributed by atoms with van der Waals surface area (Å²) in [6.07, 6.45) is 1.65. The van der Waals surface area contributed by atoms with Gasteiger partial charge >= 0.3 is 0 Å². The SMILES string of the molecule is CC.NC(=O)c1cccc2cn[nH]c12. The van der Waals surface area contributed by atoms with Gasteiger partial charge in [-0.25, -0.2) is 0 Å². The molecule has 0 spiro atoms. The normalized spacial score (nSPS) is 9.29. The Hall–Kier alpha value is -1.84. The molecule has 2 aromatic rings. The van der Waals surface area contributed by atoms with E-state index in [1.54, 1.807) is 18.3 Å². The maximum absolute atomic E-state index is 10.9. The minimum absolute atomic E-state index is 0.440. The van der Waals surface area contributed by atoms with Crippen LogP contribution in [0.25, 0.3) is 10.9 Å². The number of nitrogens with two attached hydrogens (primary N) is 1. The summed E-state index contributed by atoms with van der Waals surface area (Å²) in [6.45, 7) is 4.00. The molecule has 0 aliphatic rings. The lowest BCUT2D eigenvalue weighted by atomic mass is 10.1. The number of rotatable bonds is 1. The molecule has 0 radical (unpaired) electrons. The van der Waals surface area contributed by atoms with Crippen molar-refractivity contribution in [1.29, 1.82) is 0 Å². The first-order valence-corrected chi connectivity index (χ1v) is 4.51. The molecule has 14 heavy (non-hydrogen) atoms. The predicted octanol–water partition coefficient (Wildman–Crippen LogP) is 1.69. The van der Waals surface area contributed by atoms with Crippen molar-refractivity contribution in [3.8, 4) is 0 Å². The quantitative estimate of drug-likeness (QED) is 0.719. The van der Waals surface area contributed by atoms with Crippen molar-refractivity contribution in [2.24, 2.45) is 5.73 Å². The van der Waals surface area contributed by atoms with Gasteiger partial charge in [-0.15, -0.1) is 0 Å². The summed E-state index contributed by atoms with van der Waals surface area (Å²) in [5, 5.41) is 7.42. The molecule has 0 fully saturated rings. The molecule has 1 heterocycles. The lowest BCUT2D eigenvalue weighted by Gasteiger charge is -1.95. The fourth-order valence-corrected chi connectivity index (χ4v) is 1.17. The van der Waals surface area contributed by atoms with Crippen LogP contribution in [0.1, 0.15) is 24.2 Å². The zero-order valence-corrected chi connectivity index (χ0v) is 8.24. The largest absolute Gasteiger partial charge is 0.366 e. The molecule has 4 nitrogen and oxygen atoms in total. The van der Waals surface area contributed by atoms with Gasteiger partial charge in [-0.2, -0.15) is 5.10 Å². The fraction of sp³-hybridized carbons (Fsp3) is 0.200. The van der Waals surface area contributed by atoms with Crippen LogP contribution in [0.5, 0.6) is 0 Å². The van der Waals surface area contributed by atoms with Crippen molar-refractivity contribution in [1.82, 2.24) is 10.2 Å². The first-order chi connectivity index (χ1) is 6.79. The van der Waals surface area contributed by atoms with Gasteiger partial charge in [-0.3, -0.25) is 9.89 Å². The summed E-state index contributed by atoms with van der Waals surface area (Å²) in [4.78, 5) is 10.9. The van der Waals surface area contributed by atoms with Crippen molar-refractivity contribution in [2.45, 2.75) is 13.8 Å². The third-order valence-electron chi connectivity index (χ3n) is 1.74. The molecule has 0 bridgehead atoms. The van der Waals surface area contributed by atoms with Crippen molar-refractivity contribution >= 4 is 16.8 Å². The van der Waals surface area contributed by atoms with Crippen LogP contribution in [0, 0.1) is 0 Å². The molecular formula is C10H13N3O. The molecule has 0 saturated heterocycles. The maximum Gasteiger partial charge on any atom is 0.250 e. The van der Waals surface area contributed by atoms with E-state index in [-0.39, 0.29) is 0 Å². The number of hydrogen-bond donors (Lipinski definition) is 2. The second-order valence-electron chi connectivity index (χ2n) is 2.50. The molecule has 4 heteroatoms. The smallest absolute Gasteiger partial charge is 0.250 e. The third kappa shape index (κ3) is 1.74.